The normalized spacial score (nSPS) is 46.2. The van der Waals surface area contributed by atoms with E-state index in [1.54, 1.807) is 52.0 Å². The van der Waals surface area contributed by atoms with Gasteiger partial charge in [-0.25, -0.2) is 9.59 Å². The second kappa shape index (κ2) is 17.9. The minimum absolute atomic E-state index is 0.0586. The van der Waals surface area contributed by atoms with Gasteiger partial charge in [-0.05, 0) is 46.1 Å². The van der Waals surface area contributed by atoms with E-state index in [1.807, 2.05) is 20.8 Å². The second-order valence-electron chi connectivity index (χ2n) is 14.4. The Morgan fingerprint density at radius 3 is 2.18 bits per heavy atom. The number of aliphatic hydroxyl groups is 2. The first-order valence-electron chi connectivity index (χ1n) is 17.8. The summed E-state index contributed by atoms with van der Waals surface area (Å²) >= 11 is 0. The summed E-state index contributed by atoms with van der Waals surface area (Å²) in [5.41, 5.74) is -1.35. The molecule has 4 aliphatic heterocycles. The number of ether oxygens (including phenoxy) is 9. The van der Waals surface area contributed by atoms with Gasteiger partial charge in [-0.3, -0.25) is 4.79 Å². The fourth-order valence-electron chi connectivity index (χ4n) is 7.38. The first-order valence-corrected chi connectivity index (χ1v) is 17.8. The summed E-state index contributed by atoms with van der Waals surface area (Å²) in [4.78, 5) is 38.4. The molecule has 0 aliphatic carbocycles. The Hall–Kier alpha value is -2.69. The number of ketones is 1. The molecule has 4 aliphatic rings. The van der Waals surface area contributed by atoms with Crippen molar-refractivity contribution in [3.63, 3.8) is 0 Å². The monoisotopic (exact) mass is 724 g/mol. The van der Waals surface area contributed by atoms with E-state index in [9.17, 15) is 24.6 Å². The summed E-state index contributed by atoms with van der Waals surface area (Å²) < 4.78 is 52.1. The lowest BCUT2D eigenvalue weighted by Gasteiger charge is -2.46. The molecule has 4 heterocycles. The molecule has 14 heteroatoms. The summed E-state index contributed by atoms with van der Waals surface area (Å²) in [5.74, 6) is -2.15. The van der Waals surface area contributed by atoms with Crippen LogP contribution < -0.4 is 0 Å². The average Bonchev–Trinajstić information content (AvgIpc) is 3.36. The molecule has 16 atom stereocenters. The molecule has 0 aromatic rings. The van der Waals surface area contributed by atoms with E-state index in [1.165, 1.54) is 26.4 Å². The van der Waals surface area contributed by atoms with Gasteiger partial charge in [0.2, 0.25) is 0 Å². The highest BCUT2D eigenvalue weighted by molar-refractivity contribution is 5.91. The molecule has 14 nitrogen and oxygen atoms in total. The van der Waals surface area contributed by atoms with E-state index in [-0.39, 0.29) is 30.6 Å². The number of hydrogen-bond acceptors (Lipinski definition) is 14. The summed E-state index contributed by atoms with van der Waals surface area (Å²) in [6.45, 7) is 12.6. The van der Waals surface area contributed by atoms with Gasteiger partial charge < -0.3 is 52.8 Å². The molecule has 0 radical (unpaired) electrons. The lowest BCUT2D eigenvalue weighted by Crippen LogP contribution is -2.62. The molecule has 0 unspecified atom stereocenters. The molecular formula is C37H56O14. The van der Waals surface area contributed by atoms with Crippen LogP contribution in [0.2, 0.25) is 0 Å². The third-order valence-corrected chi connectivity index (χ3v) is 10.5. The molecule has 3 saturated heterocycles. The Bertz CT molecular complexity index is 1280. The molecule has 3 fully saturated rings. The number of carbonyl (C=O) groups is 3. The van der Waals surface area contributed by atoms with E-state index in [4.69, 9.17) is 42.6 Å². The minimum atomic E-state index is -1.36. The predicted molar refractivity (Wildman–Crippen MR) is 181 cm³/mol. The van der Waals surface area contributed by atoms with Crippen LogP contribution in [0, 0.1) is 23.7 Å². The van der Waals surface area contributed by atoms with Crippen molar-refractivity contribution < 1.29 is 67.2 Å². The van der Waals surface area contributed by atoms with Crippen molar-refractivity contribution in [3.05, 3.63) is 36.5 Å². The lowest BCUT2D eigenvalue weighted by atomic mass is 9.82. The van der Waals surface area contributed by atoms with Crippen molar-refractivity contribution in [1.82, 2.24) is 0 Å². The van der Waals surface area contributed by atoms with Crippen molar-refractivity contribution in [2.45, 2.75) is 134 Å². The number of methoxy groups -OCH3 is 2. The summed E-state index contributed by atoms with van der Waals surface area (Å²) in [5, 5.41) is 22.0. The fourth-order valence-corrected chi connectivity index (χ4v) is 7.38. The number of aliphatic hydroxyl groups excluding tert-OH is 2. The summed E-state index contributed by atoms with van der Waals surface area (Å²) in [7, 11) is 2.96. The van der Waals surface area contributed by atoms with Crippen LogP contribution >= 0.6 is 0 Å². The van der Waals surface area contributed by atoms with Crippen LogP contribution in [0.4, 0.5) is 4.79 Å². The van der Waals surface area contributed by atoms with Gasteiger partial charge in [0.15, 0.2) is 24.0 Å². The number of esters is 1. The second-order valence-corrected chi connectivity index (χ2v) is 14.4. The van der Waals surface area contributed by atoms with Crippen LogP contribution in [0.15, 0.2) is 36.5 Å². The van der Waals surface area contributed by atoms with E-state index < -0.39 is 97.1 Å². The largest absolute Gasteiger partial charge is 0.509 e. The molecule has 1 spiro atoms. The number of allylic oxidation sites excluding steroid dienone is 3. The molecule has 0 aromatic heterocycles. The Kier molecular flexibility index (Phi) is 14.4. The topological polar surface area (TPSA) is 175 Å². The van der Waals surface area contributed by atoms with E-state index in [0.717, 1.165) is 0 Å². The van der Waals surface area contributed by atoms with Gasteiger partial charge in [-0.2, -0.15) is 0 Å². The maximum absolute atomic E-state index is 13.2. The van der Waals surface area contributed by atoms with Gasteiger partial charge >= 0.3 is 12.1 Å². The molecule has 51 heavy (non-hydrogen) atoms. The van der Waals surface area contributed by atoms with Gasteiger partial charge in [0, 0.05) is 44.5 Å². The van der Waals surface area contributed by atoms with Crippen LogP contribution in [0.25, 0.3) is 0 Å². The van der Waals surface area contributed by atoms with Crippen molar-refractivity contribution in [2.24, 2.45) is 23.7 Å². The summed E-state index contributed by atoms with van der Waals surface area (Å²) in [6, 6.07) is 0. The van der Waals surface area contributed by atoms with Crippen LogP contribution in [-0.4, -0.2) is 122 Å². The van der Waals surface area contributed by atoms with Gasteiger partial charge in [-0.15, -0.1) is 0 Å². The standard InChI is InChI=1S/C37H56O14/c1-19-14-15-28(39)47-23(5)26(18-45-34-32(44-9)31(43-8)29(40)24(6)48-34)12-10-11-13-27(38)20(2)16-21(3)30(19)50-35-33(41)37(17-22(4)46-35)25(7)49-36(42)51-37/h10-15,19-26,29-35,40-41H,16-18H2,1-9H3/b12-10+,13-11+,15-14+/t19-,20+,21-,22+,23+,24+,25-,26+,29+,30+,31+,32+,33-,34+,35-,37-/m0/s1. The first-order chi connectivity index (χ1) is 24.1. The molecule has 0 saturated carbocycles. The van der Waals surface area contributed by atoms with Crippen LogP contribution in [-0.2, 0) is 52.2 Å². The third kappa shape index (κ3) is 9.65. The van der Waals surface area contributed by atoms with Gasteiger partial charge in [0.25, 0.3) is 0 Å². The zero-order valence-corrected chi connectivity index (χ0v) is 31.0. The quantitative estimate of drug-likeness (QED) is 0.366. The Balaban J connectivity index is 1.53. The average molecular weight is 725 g/mol. The van der Waals surface area contributed by atoms with Crippen molar-refractivity contribution in [2.75, 3.05) is 20.8 Å². The number of carbonyl (C=O) groups excluding carboxylic acids is 3. The highest BCUT2D eigenvalue weighted by atomic mass is 16.8. The molecular weight excluding hydrogens is 668 g/mol. The van der Waals surface area contributed by atoms with Gasteiger partial charge in [-0.1, -0.05) is 45.1 Å². The Labute approximate surface area is 300 Å². The first kappa shape index (κ1) is 41.1. The third-order valence-electron chi connectivity index (χ3n) is 10.5. The SMILES string of the molecule is CO[C@@H]1[C@H](O)[C@@H](C)O[C@@H](OC[C@H]2/C=C/C=C/C(=O)[C@H](C)C[C@H](C)[C@H](O[C@@H]3O[C@H](C)C[C@@]4(OC(=O)O[C@H]4C)[C@H]3O)[C@@H](C)/C=C/C(=O)O[C@@H]2C)[C@@H]1OC. The molecule has 0 aromatic carbocycles. The van der Waals surface area contributed by atoms with Crippen molar-refractivity contribution >= 4 is 17.9 Å². The van der Waals surface area contributed by atoms with Crippen molar-refractivity contribution in [3.8, 4) is 0 Å². The van der Waals surface area contributed by atoms with E-state index >= 15 is 0 Å². The molecule has 288 valence electrons. The molecule has 0 amide bonds. The zero-order valence-electron chi connectivity index (χ0n) is 31.0. The van der Waals surface area contributed by atoms with E-state index in [2.05, 4.69) is 0 Å². The number of hydrogen-bond donors (Lipinski definition) is 2. The minimum Gasteiger partial charge on any atom is -0.459 e. The summed E-state index contributed by atoms with van der Waals surface area (Å²) in [6.07, 6.45) is 0.681. The fraction of sp³-hybridized carbons (Fsp3) is 0.757. The van der Waals surface area contributed by atoms with E-state index in [0.29, 0.717) is 6.42 Å². The molecule has 0 bridgehead atoms. The maximum Gasteiger partial charge on any atom is 0.509 e. The highest BCUT2D eigenvalue weighted by Crippen LogP contribution is 2.42. The van der Waals surface area contributed by atoms with Crippen molar-refractivity contribution in [1.29, 1.82) is 0 Å². The highest BCUT2D eigenvalue weighted by Gasteiger charge is 2.61. The Morgan fingerprint density at radius 1 is 0.824 bits per heavy atom. The maximum atomic E-state index is 13.2. The van der Waals surface area contributed by atoms with Crippen LogP contribution in [0.1, 0.15) is 61.3 Å². The lowest BCUT2D eigenvalue weighted by molar-refractivity contribution is -0.308. The number of cyclic esters (lactones) is 2. The molecule has 2 N–H and O–H groups in total. The van der Waals surface area contributed by atoms with Crippen LogP contribution in [0.5, 0.6) is 0 Å². The molecule has 4 rings (SSSR count). The predicted octanol–water partition coefficient (Wildman–Crippen LogP) is 3.41. The van der Waals surface area contributed by atoms with Crippen LogP contribution in [0.3, 0.4) is 0 Å². The van der Waals surface area contributed by atoms with Gasteiger partial charge in [0.1, 0.15) is 36.6 Å². The zero-order chi connectivity index (χ0) is 37.6. The Morgan fingerprint density at radius 2 is 1.53 bits per heavy atom. The smallest absolute Gasteiger partial charge is 0.459 e. The number of rotatable bonds is 7. The van der Waals surface area contributed by atoms with Gasteiger partial charge in [0.05, 0.1) is 24.9 Å².